The van der Waals surface area contributed by atoms with E-state index in [0.29, 0.717) is 42.6 Å². The number of para-hydroxylation sites is 2. The van der Waals surface area contributed by atoms with Crippen LogP contribution < -0.4 is 24.8 Å². The fourth-order valence-corrected chi connectivity index (χ4v) is 3.63. The second-order valence-electron chi connectivity index (χ2n) is 9.21. The number of carbonyl (C=O) groups excluding carboxylic acids is 2. The molecule has 2 N–H and O–H groups in total. The molecule has 8 nitrogen and oxygen atoms in total. The van der Waals surface area contributed by atoms with Crippen LogP contribution in [0.1, 0.15) is 27.9 Å². The highest BCUT2D eigenvalue weighted by Gasteiger charge is 2.14. The third-order valence-electron chi connectivity index (χ3n) is 5.74. The third-order valence-corrected chi connectivity index (χ3v) is 5.74. The van der Waals surface area contributed by atoms with Crippen LogP contribution in [-0.2, 0) is 4.79 Å². The molecule has 3 aromatic carbocycles. The molecule has 0 aliphatic carbocycles. The number of hydrogen-bond acceptors (Lipinski definition) is 6. The lowest BCUT2D eigenvalue weighted by atomic mass is 10.1. The molecule has 0 fully saturated rings. The summed E-state index contributed by atoms with van der Waals surface area (Å²) in [5.74, 6) is 1.29. The van der Waals surface area contributed by atoms with Crippen molar-refractivity contribution >= 4 is 17.9 Å². The van der Waals surface area contributed by atoms with E-state index < -0.39 is 0 Å². The van der Waals surface area contributed by atoms with E-state index in [2.05, 4.69) is 15.5 Å². The van der Waals surface area contributed by atoms with Crippen molar-refractivity contribution in [2.45, 2.75) is 13.3 Å². The molecule has 0 radical (unpaired) electrons. The first-order valence-corrected chi connectivity index (χ1v) is 12.9. The lowest BCUT2D eigenvalue weighted by Gasteiger charge is -2.13. The van der Waals surface area contributed by atoms with Crippen molar-refractivity contribution in [3.63, 3.8) is 0 Å². The monoisotopic (exact) mass is 531 g/mol. The predicted molar refractivity (Wildman–Crippen MR) is 153 cm³/mol. The molecular weight excluding hydrogens is 494 g/mol. The minimum Gasteiger partial charge on any atom is -0.493 e. The molecule has 8 heteroatoms. The van der Waals surface area contributed by atoms with Crippen LogP contribution in [0.5, 0.6) is 17.2 Å². The maximum atomic E-state index is 13.0. The molecule has 0 heterocycles. The van der Waals surface area contributed by atoms with Crippen molar-refractivity contribution in [2.75, 3.05) is 47.5 Å². The molecule has 3 aromatic rings. The van der Waals surface area contributed by atoms with E-state index in [0.717, 1.165) is 24.1 Å². The van der Waals surface area contributed by atoms with Gasteiger partial charge in [0.15, 0.2) is 11.5 Å². The Morgan fingerprint density at radius 2 is 1.54 bits per heavy atom. The molecule has 39 heavy (non-hydrogen) atoms. The number of nitrogens with zero attached hydrogens (tertiary/aromatic N) is 1. The lowest BCUT2D eigenvalue weighted by Crippen LogP contribution is -2.36. The van der Waals surface area contributed by atoms with Crippen LogP contribution in [0.2, 0.25) is 0 Å². The highest BCUT2D eigenvalue weighted by Crippen LogP contribution is 2.25. The molecule has 0 saturated heterocycles. The lowest BCUT2D eigenvalue weighted by molar-refractivity contribution is -0.117. The number of methoxy groups -OCH3 is 1. The number of hydrogen-bond donors (Lipinski definition) is 2. The van der Waals surface area contributed by atoms with Gasteiger partial charge in [0.2, 0.25) is 0 Å². The fourth-order valence-electron chi connectivity index (χ4n) is 3.63. The maximum Gasteiger partial charge on any atom is 0.267 e. The first kappa shape index (κ1) is 29.3. The van der Waals surface area contributed by atoms with Crippen LogP contribution in [0, 0.1) is 6.92 Å². The molecule has 3 rings (SSSR count). The van der Waals surface area contributed by atoms with E-state index in [4.69, 9.17) is 14.2 Å². The van der Waals surface area contributed by atoms with Gasteiger partial charge in [-0.2, -0.15) is 0 Å². The highest BCUT2D eigenvalue weighted by molar-refractivity contribution is 6.05. The van der Waals surface area contributed by atoms with Gasteiger partial charge in [-0.15, -0.1) is 0 Å². The van der Waals surface area contributed by atoms with Gasteiger partial charge in [-0.1, -0.05) is 42.0 Å². The van der Waals surface area contributed by atoms with Gasteiger partial charge in [0.1, 0.15) is 24.7 Å². The minimum atomic E-state index is -0.348. The average Bonchev–Trinajstić information content (AvgIpc) is 2.94. The number of rotatable bonds is 14. The smallest absolute Gasteiger partial charge is 0.267 e. The largest absolute Gasteiger partial charge is 0.493 e. The van der Waals surface area contributed by atoms with E-state index in [1.807, 2.05) is 81.7 Å². The van der Waals surface area contributed by atoms with Crippen molar-refractivity contribution in [2.24, 2.45) is 0 Å². The summed E-state index contributed by atoms with van der Waals surface area (Å²) in [6.45, 7) is 4.00. The zero-order valence-corrected chi connectivity index (χ0v) is 23.0. The van der Waals surface area contributed by atoms with Gasteiger partial charge in [0.25, 0.3) is 11.8 Å². The third kappa shape index (κ3) is 9.83. The van der Waals surface area contributed by atoms with E-state index in [9.17, 15) is 9.59 Å². The summed E-state index contributed by atoms with van der Waals surface area (Å²) in [6.07, 6.45) is 2.45. The summed E-state index contributed by atoms with van der Waals surface area (Å²) < 4.78 is 16.8. The van der Waals surface area contributed by atoms with E-state index in [1.165, 1.54) is 0 Å². The molecule has 0 aromatic heterocycles. The number of ether oxygens (including phenoxy) is 3. The quantitative estimate of drug-likeness (QED) is 0.238. The van der Waals surface area contributed by atoms with Gasteiger partial charge in [-0.25, -0.2) is 0 Å². The summed E-state index contributed by atoms with van der Waals surface area (Å²) in [5.41, 5.74) is 2.44. The first-order chi connectivity index (χ1) is 18.9. The van der Waals surface area contributed by atoms with Crippen molar-refractivity contribution in [1.82, 2.24) is 15.5 Å². The highest BCUT2D eigenvalue weighted by atomic mass is 16.5. The van der Waals surface area contributed by atoms with Crippen LogP contribution >= 0.6 is 0 Å². The molecule has 206 valence electrons. The minimum absolute atomic E-state index is 0.171. The zero-order valence-electron chi connectivity index (χ0n) is 23.0. The standard InChI is InChI=1S/C31H37N3O5/c1-23-10-14-25(15-11-23)30(35)33-27(31(36)32-18-7-19-34(2)3)22-24-12-16-26(17-13-24)38-20-21-39-29-9-6-5-8-28(29)37-4/h5-6,8-17,22H,7,18-21H2,1-4H3,(H,32,36)(H,33,35). The van der Waals surface area contributed by atoms with E-state index >= 15 is 0 Å². The van der Waals surface area contributed by atoms with Gasteiger partial charge in [0, 0.05) is 12.1 Å². The SMILES string of the molecule is COc1ccccc1OCCOc1ccc(C=C(NC(=O)c2ccc(C)cc2)C(=O)NCCCN(C)C)cc1. The van der Waals surface area contributed by atoms with Crippen LogP contribution in [-0.4, -0.2) is 64.2 Å². The molecule has 0 aliphatic rings. The van der Waals surface area contributed by atoms with Crippen LogP contribution in [0.25, 0.3) is 6.08 Å². The number of aryl methyl sites for hydroxylation is 1. The van der Waals surface area contributed by atoms with Gasteiger partial charge < -0.3 is 29.7 Å². The van der Waals surface area contributed by atoms with Crippen LogP contribution in [0.15, 0.2) is 78.5 Å². The van der Waals surface area contributed by atoms with Crippen LogP contribution in [0.4, 0.5) is 0 Å². The summed E-state index contributed by atoms with van der Waals surface area (Å²) in [4.78, 5) is 27.9. The molecule has 0 unspecified atom stereocenters. The predicted octanol–water partition coefficient (Wildman–Crippen LogP) is 4.30. The number of carbonyl (C=O) groups is 2. The zero-order chi connectivity index (χ0) is 28.0. The Bertz CT molecular complexity index is 1240. The van der Waals surface area contributed by atoms with Gasteiger partial charge in [-0.3, -0.25) is 9.59 Å². The summed E-state index contributed by atoms with van der Waals surface area (Å²) in [5, 5.41) is 5.67. The molecule has 2 amide bonds. The number of amides is 2. The Labute approximate surface area is 230 Å². The second kappa shape index (κ2) is 15.2. The Hall–Kier alpha value is -4.30. The van der Waals surface area contributed by atoms with Crippen molar-refractivity contribution in [3.8, 4) is 17.2 Å². The maximum absolute atomic E-state index is 13.0. The summed E-state index contributed by atoms with van der Waals surface area (Å²) >= 11 is 0. The van der Waals surface area contributed by atoms with Crippen molar-refractivity contribution < 1.29 is 23.8 Å². The first-order valence-electron chi connectivity index (χ1n) is 12.9. The average molecular weight is 532 g/mol. The Kier molecular flexibility index (Phi) is 11.4. The summed E-state index contributed by atoms with van der Waals surface area (Å²) in [6, 6.07) is 21.9. The molecule has 0 bridgehead atoms. The van der Waals surface area contributed by atoms with E-state index in [1.54, 1.807) is 25.3 Å². The van der Waals surface area contributed by atoms with Crippen molar-refractivity contribution in [1.29, 1.82) is 0 Å². The second-order valence-corrected chi connectivity index (χ2v) is 9.21. The van der Waals surface area contributed by atoms with Crippen LogP contribution in [0.3, 0.4) is 0 Å². The summed E-state index contributed by atoms with van der Waals surface area (Å²) in [7, 11) is 5.56. The molecule has 0 spiro atoms. The number of nitrogens with one attached hydrogen (secondary N) is 2. The fraction of sp³-hybridized carbons (Fsp3) is 0.290. The van der Waals surface area contributed by atoms with Gasteiger partial charge >= 0.3 is 0 Å². The molecule has 0 saturated carbocycles. The Morgan fingerprint density at radius 3 is 2.21 bits per heavy atom. The Balaban J connectivity index is 1.63. The topological polar surface area (TPSA) is 89.1 Å². The normalized spacial score (nSPS) is 11.2. The Morgan fingerprint density at radius 1 is 0.872 bits per heavy atom. The molecule has 0 aliphatic heterocycles. The molecular formula is C31H37N3O5. The number of benzene rings is 3. The van der Waals surface area contributed by atoms with Gasteiger partial charge in [-0.05, 0) is 82.0 Å². The van der Waals surface area contributed by atoms with Crippen molar-refractivity contribution in [3.05, 3.63) is 95.2 Å². The molecule has 0 atom stereocenters. The van der Waals surface area contributed by atoms with E-state index in [-0.39, 0.29) is 17.5 Å². The van der Waals surface area contributed by atoms with Gasteiger partial charge in [0.05, 0.1) is 7.11 Å².